The molecule has 2 aromatic rings. The first kappa shape index (κ1) is 22.3. The molecule has 0 saturated carbocycles. The van der Waals surface area contributed by atoms with Gasteiger partial charge in [-0.25, -0.2) is 0 Å². The predicted octanol–water partition coefficient (Wildman–Crippen LogP) is 3.96. The minimum atomic E-state index is -0.761. The molecule has 2 rings (SSSR count). The highest BCUT2D eigenvalue weighted by molar-refractivity contribution is 5.96. The average molecular weight is 399 g/mol. The number of hydrogen-bond acceptors (Lipinski definition) is 4. The number of amides is 2. The second-order valence-corrected chi connectivity index (χ2v) is 7.51. The van der Waals surface area contributed by atoms with E-state index < -0.39 is 17.9 Å². The molecule has 156 valence electrons. The Hall–Kier alpha value is -3.02. The zero-order valence-corrected chi connectivity index (χ0v) is 17.7. The molecule has 6 heteroatoms. The zero-order valence-electron chi connectivity index (χ0n) is 17.7. The van der Waals surface area contributed by atoms with Crippen LogP contribution in [0.25, 0.3) is 0 Å². The van der Waals surface area contributed by atoms with Crippen LogP contribution in [0.1, 0.15) is 48.7 Å². The van der Waals surface area contributed by atoms with Crippen LogP contribution in [0.3, 0.4) is 0 Å². The molecular weight excluding hydrogens is 368 g/mol. The van der Waals surface area contributed by atoms with Crippen LogP contribution in [-0.2, 0) is 4.79 Å². The van der Waals surface area contributed by atoms with Crippen LogP contribution in [0.5, 0.6) is 11.5 Å². The van der Waals surface area contributed by atoms with Gasteiger partial charge in [0.2, 0.25) is 0 Å². The van der Waals surface area contributed by atoms with Crippen molar-refractivity contribution in [2.75, 3.05) is 6.61 Å². The third kappa shape index (κ3) is 7.14. The van der Waals surface area contributed by atoms with E-state index in [9.17, 15) is 9.59 Å². The molecule has 6 nitrogen and oxygen atoms in total. The van der Waals surface area contributed by atoms with Gasteiger partial charge in [0.25, 0.3) is 11.8 Å². The van der Waals surface area contributed by atoms with Crippen LogP contribution in [0.15, 0.2) is 42.5 Å². The number of hydrogen-bond donors (Lipinski definition) is 2. The van der Waals surface area contributed by atoms with Gasteiger partial charge in [0.1, 0.15) is 11.5 Å². The molecule has 0 aliphatic carbocycles. The van der Waals surface area contributed by atoms with E-state index in [2.05, 4.69) is 24.7 Å². The molecule has 0 heterocycles. The summed E-state index contributed by atoms with van der Waals surface area (Å²) in [5.41, 5.74) is 7.44. The fraction of sp³-hybridized carbons (Fsp3) is 0.391. The van der Waals surface area contributed by atoms with Gasteiger partial charge in [0.15, 0.2) is 6.10 Å². The molecule has 2 aromatic carbocycles. The van der Waals surface area contributed by atoms with Crippen LogP contribution in [-0.4, -0.2) is 24.5 Å². The van der Waals surface area contributed by atoms with Gasteiger partial charge in [0, 0.05) is 5.56 Å². The molecule has 2 N–H and O–H groups in total. The Labute approximate surface area is 172 Å². The molecule has 0 radical (unpaired) electrons. The lowest BCUT2D eigenvalue weighted by molar-refractivity contribution is -0.128. The van der Waals surface area contributed by atoms with Gasteiger partial charge < -0.3 is 9.47 Å². The Morgan fingerprint density at radius 2 is 1.69 bits per heavy atom. The fourth-order valence-corrected chi connectivity index (χ4v) is 2.48. The number of hydrazine groups is 1. The first-order valence-corrected chi connectivity index (χ1v) is 9.83. The lowest BCUT2D eigenvalue weighted by Gasteiger charge is -2.16. The Kier molecular flexibility index (Phi) is 8.07. The first-order valence-electron chi connectivity index (χ1n) is 9.83. The van der Waals surface area contributed by atoms with Gasteiger partial charge >= 0.3 is 0 Å². The largest absolute Gasteiger partial charge is 0.494 e. The molecule has 1 unspecified atom stereocenters. The number of benzene rings is 2. The lowest BCUT2D eigenvalue weighted by Crippen LogP contribution is -2.47. The van der Waals surface area contributed by atoms with Crippen molar-refractivity contribution in [3.63, 3.8) is 0 Å². The van der Waals surface area contributed by atoms with Crippen molar-refractivity contribution in [3.8, 4) is 11.5 Å². The van der Waals surface area contributed by atoms with Crippen LogP contribution in [0.4, 0.5) is 0 Å². The normalized spacial score (nSPS) is 11.7. The van der Waals surface area contributed by atoms with Crippen molar-refractivity contribution in [2.45, 2.75) is 47.1 Å². The standard InChI is InChI=1S/C23H30N2O4/c1-15(2)11-12-28-20-8-6-7-19(14-20)23(27)25-24-22(26)18(5)29-21-10-9-16(3)17(4)13-21/h6-10,13-15,18H,11-12H2,1-5H3,(H,24,26)(H,25,27). The topological polar surface area (TPSA) is 76.7 Å². The van der Waals surface area contributed by atoms with Crippen molar-refractivity contribution in [3.05, 3.63) is 59.2 Å². The number of carbonyl (C=O) groups is 2. The lowest BCUT2D eigenvalue weighted by atomic mass is 10.1. The minimum Gasteiger partial charge on any atom is -0.494 e. The zero-order chi connectivity index (χ0) is 21.4. The maximum absolute atomic E-state index is 12.3. The Morgan fingerprint density at radius 1 is 0.931 bits per heavy atom. The molecule has 29 heavy (non-hydrogen) atoms. The summed E-state index contributed by atoms with van der Waals surface area (Å²) in [6.07, 6.45) is 0.174. The fourth-order valence-electron chi connectivity index (χ4n) is 2.48. The summed E-state index contributed by atoms with van der Waals surface area (Å²) in [5, 5.41) is 0. The maximum Gasteiger partial charge on any atom is 0.279 e. The summed E-state index contributed by atoms with van der Waals surface area (Å²) in [6.45, 7) is 10.5. The van der Waals surface area contributed by atoms with E-state index in [1.165, 1.54) is 0 Å². The van der Waals surface area contributed by atoms with Crippen LogP contribution in [0, 0.1) is 19.8 Å². The molecule has 1 atom stereocenters. The summed E-state index contributed by atoms with van der Waals surface area (Å²) in [7, 11) is 0. The minimum absolute atomic E-state index is 0.398. The molecular formula is C23H30N2O4. The quantitative estimate of drug-likeness (QED) is 0.660. The van der Waals surface area contributed by atoms with E-state index in [0.29, 0.717) is 29.6 Å². The van der Waals surface area contributed by atoms with Crippen molar-refractivity contribution in [1.29, 1.82) is 0 Å². The SMILES string of the molecule is Cc1ccc(OC(C)C(=O)NNC(=O)c2cccc(OCCC(C)C)c2)cc1C. The smallest absolute Gasteiger partial charge is 0.279 e. The van der Waals surface area contributed by atoms with Gasteiger partial charge in [0.05, 0.1) is 6.61 Å². The molecule has 0 bridgehead atoms. The molecule has 2 amide bonds. The number of rotatable bonds is 8. The molecule has 0 saturated heterocycles. The number of ether oxygens (including phenoxy) is 2. The van der Waals surface area contributed by atoms with Crippen LogP contribution >= 0.6 is 0 Å². The number of aryl methyl sites for hydroxylation is 2. The van der Waals surface area contributed by atoms with E-state index in [0.717, 1.165) is 17.5 Å². The van der Waals surface area contributed by atoms with Crippen molar-refractivity contribution in [1.82, 2.24) is 10.9 Å². The molecule has 0 fully saturated rings. The second kappa shape index (κ2) is 10.5. The summed E-state index contributed by atoms with van der Waals surface area (Å²) < 4.78 is 11.3. The summed E-state index contributed by atoms with van der Waals surface area (Å²) in [4.78, 5) is 24.6. The molecule has 0 aliphatic heterocycles. The first-order chi connectivity index (χ1) is 13.8. The van der Waals surface area contributed by atoms with E-state index in [-0.39, 0.29) is 0 Å². The molecule has 0 aliphatic rings. The highest BCUT2D eigenvalue weighted by atomic mass is 16.5. The highest BCUT2D eigenvalue weighted by Gasteiger charge is 2.16. The Balaban J connectivity index is 1.85. The van der Waals surface area contributed by atoms with E-state index >= 15 is 0 Å². The monoisotopic (exact) mass is 398 g/mol. The van der Waals surface area contributed by atoms with Gasteiger partial charge in [-0.05, 0) is 74.6 Å². The Morgan fingerprint density at radius 3 is 2.38 bits per heavy atom. The summed E-state index contributed by atoms with van der Waals surface area (Å²) in [6, 6.07) is 12.5. The second-order valence-electron chi connectivity index (χ2n) is 7.51. The third-order valence-corrected chi connectivity index (χ3v) is 4.52. The molecule has 0 aromatic heterocycles. The Bertz CT molecular complexity index is 849. The molecule has 0 spiro atoms. The van der Waals surface area contributed by atoms with Gasteiger partial charge in [-0.1, -0.05) is 26.0 Å². The summed E-state index contributed by atoms with van der Waals surface area (Å²) >= 11 is 0. The van der Waals surface area contributed by atoms with Gasteiger partial charge in [-0.3, -0.25) is 20.4 Å². The van der Waals surface area contributed by atoms with Crippen molar-refractivity contribution >= 4 is 11.8 Å². The summed E-state index contributed by atoms with van der Waals surface area (Å²) in [5.74, 6) is 0.904. The maximum atomic E-state index is 12.3. The number of carbonyl (C=O) groups excluding carboxylic acids is 2. The van der Waals surface area contributed by atoms with E-state index in [4.69, 9.17) is 9.47 Å². The number of nitrogens with one attached hydrogen (secondary N) is 2. The van der Waals surface area contributed by atoms with E-state index in [1.54, 1.807) is 31.2 Å². The predicted molar refractivity (Wildman–Crippen MR) is 113 cm³/mol. The van der Waals surface area contributed by atoms with Crippen LogP contribution < -0.4 is 20.3 Å². The van der Waals surface area contributed by atoms with Crippen molar-refractivity contribution < 1.29 is 19.1 Å². The van der Waals surface area contributed by atoms with Crippen LogP contribution in [0.2, 0.25) is 0 Å². The van der Waals surface area contributed by atoms with E-state index in [1.807, 2.05) is 32.0 Å². The highest BCUT2D eigenvalue weighted by Crippen LogP contribution is 2.18. The van der Waals surface area contributed by atoms with Gasteiger partial charge in [-0.2, -0.15) is 0 Å². The van der Waals surface area contributed by atoms with Gasteiger partial charge in [-0.15, -0.1) is 0 Å². The average Bonchev–Trinajstić information content (AvgIpc) is 2.68. The van der Waals surface area contributed by atoms with Crippen molar-refractivity contribution in [2.24, 2.45) is 5.92 Å². The third-order valence-electron chi connectivity index (χ3n) is 4.52.